The van der Waals surface area contributed by atoms with Crippen molar-refractivity contribution in [3.8, 4) is 0 Å². The maximum atomic E-state index is 10.3. The maximum absolute atomic E-state index is 10.3. The molecule has 3 rings (SSSR count). The second-order valence-electron chi connectivity index (χ2n) is 6.80. The van der Waals surface area contributed by atoms with E-state index in [1.54, 1.807) is 0 Å². The van der Waals surface area contributed by atoms with Crippen molar-refractivity contribution in [2.24, 2.45) is 0 Å². The Hall–Kier alpha value is -1.59. The fraction of sp³-hybridized carbons (Fsp3) is 0.429. The molecule has 1 N–H and O–H groups in total. The Morgan fingerprint density at radius 2 is 1.65 bits per heavy atom. The van der Waals surface area contributed by atoms with Crippen molar-refractivity contribution in [3.63, 3.8) is 0 Å². The van der Waals surface area contributed by atoms with Crippen LogP contribution >= 0.6 is 11.6 Å². The van der Waals surface area contributed by atoms with Crippen LogP contribution < -0.4 is 4.90 Å². The predicted molar refractivity (Wildman–Crippen MR) is 107 cm³/mol. The summed E-state index contributed by atoms with van der Waals surface area (Å²) in [5.74, 6) is 0. The highest BCUT2D eigenvalue weighted by Crippen LogP contribution is 2.20. The van der Waals surface area contributed by atoms with Crippen molar-refractivity contribution >= 4 is 17.3 Å². The zero-order valence-corrected chi connectivity index (χ0v) is 16.0. The molecule has 2 atom stereocenters. The van der Waals surface area contributed by atoms with E-state index in [1.807, 2.05) is 37.3 Å². The van der Waals surface area contributed by atoms with E-state index in [-0.39, 0.29) is 6.10 Å². The van der Waals surface area contributed by atoms with Gasteiger partial charge in [0.15, 0.2) is 0 Å². The second-order valence-corrected chi connectivity index (χ2v) is 7.24. The first-order chi connectivity index (χ1) is 12.6. The smallest absolute Gasteiger partial charge is 0.0900 e. The summed E-state index contributed by atoms with van der Waals surface area (Å²) in [7, 11) is 0. The average molecular weight is 375 g/mol. The van der Waals surface area contributed by atoms with E-state index in [1.165, 1.54) is 5.69 Å². The first kappa shape index (κ1) is 19.2. The third kappa shape index (κ3) is 5.45. The summed E-state index contributed by atoms with van der Waals surface area (Å²) in [4.78, 5) is 4.70. The van der Waals surface area contributed by atoms with Gasteiger partial charge in [-0.05, 0) is 36.8 Å². The molecule has 1 saturated heterocycles. The predicted octanol–water partition coefficient (Wildman–Crippen LogP) is 3.60. The highest BCUT2D eigenvalue weighted by molar-refractivity contribution is 6.30. The Balaban J connectivity index is 1.39. The van der Waals surface area contributed by atoms with Crippen LogP contribution in [0, 0.1) is 0 Å². The van der Waals surface area contributed by atoms with Crippen molar-refractivity contribution < 1.29 is 9.84 Å². The van der Waals surface area contributed by atoms with Gasteiger partial charge in [-0.15, -0.1) is 0 Å². The molecular weight excluding hydrogens is 348 g/mol. The van der Waals surface area contributed by atoms with Gasteiger partial charge in [-0.3, -0.25) is 4.90 Å². The third-order valence-corrected chi connectivity index (χ3v) is 5.09. The van der Waals surface area contributed by atoms with Crippen molar-refractivity contribution in [2.75, 3.05) is 44.2 Å². The van der Waals surface area contributed by atoms with E-state index in [4.69, 9.17) is 16.3 Å². The number of aliphatic hydroxyl groups excluding tert-OH is 1. The molecule has 2 aromatic rings. The van der Waals surface area contributed by atoms with Crippen LogP contribution in [0.3, 0.4) is 0 Å². The standard InChI is InChI=1S/C21H27ClN2O2/c1-17(18-7-9-19(22)10-8-18)26-16-21(25)15-23-11-13-24(14-12-23)20-5-3-2-4-6-20/h2-10,17,21,25H,11-16H2,1H3. The van der Waals surface area contributed by atoms with Crippen LogP contribution in [-0.4, -0.2) is 55.4 Å². The van der Waals surface area contributed by atoms with Crippen molar-refractivity contribution in [1.82, 2.24) is 4.90 Å². The first-order valence-corrected chi connectivity index (χ1v) is 9.57. The van der Waals surface area contributed by atoms with E-state index in [2.05, 4.69) is 34.1 Å². The van der Waals surface area contributed by atoms with Crippen molar-refractivity contribution in [3.05, 3.63) is 65.2 Å². The van der Waals surface area contributed by atoms with Gasteiger partial charge in [0.05, 0.1) is 18.8 Å². The monoisotopic (exact) mass is 374 g/mol. The second kappa shape index (κ2) is 9.38. The SMILES string of the molecule is CC(OCC(O)CN1CCN(c2ccccc2)CC1)c1ccc(Cl)cc1. The number of hydrogen-bond acceptors (Lipinski definition) is 4. The van der Waals surface area contributed by atoms with E-state index in [0.29, 0.717) is 13.2 Å². The van der Waals surface area contributed by atoms with Crippen LogP contribution in [0.15, 0.2) is 54.6 Å². The largest absolute Gasteiger partial charge is 0.389 e. The number of nitrogens with zero attached hydrogens (tertiary/aromatic N) is 2. The number of benzene rings is 2. The lowest BCUT2D eigenvalue weighted by Crippen LogP contribution is -2.49. The summed E-state index contributed by atoms with van der Waals surface area (Å²) in [5, 5.41) is 11.0. The summed E-state index contributed by atoms with van der Waals surface area (Å²) in [6.45, 7) is 6.86. The Morgan fingerprint density at radius 3 is 2.31 bits per heavy atom. The molecule has 0 saturated carbocycles. The minimum absolute atomic E-state index is 0.0585. The lowest BCUT2D eigenvalue weighted by molar-refractivity contribution is -0.0162. The first-order valence-electron chi connectivity index (χ1n) is 9.19. The summed E-state index contributed by atoms with van der Waals surface area (Å²) < 4.78 is 5.83. The number of anilines is 1. The number of rotatable bonds is 7. The Labute approximate surface area is 160 Å². The van der Waals surface area contributed by atoms with Crippen molar-refractivity contribution in [2.45, 2.75) is 19.1 Å². The fourth-order valence-corrected chi connectivity index (χ4v) is 3.39. The average Bonchev–Trinajstić information content (AvgIpc) is 2.68. The van der Waals surface area contributed by atoms with Gasteiger partial charge in [0.1, 0.15) is 0 Å². The molecule has 0 amide bonds. The van der Waals surface area contributed by atoms with Crippen LogP contribution in [0.2, 0.25) is 5.02 Å². The number of halogens is 1. The number of aliphatic hydroxyl groups is 1. The minimum Gasteiger partial charge on any atom is -0.389 e. The molecule has 0 spiro atoms. The molecule has 0 bridgehead atoms. The van der Waals surface area contributed by atoms with Gasteiger partial charge in [0, 0.05) is 43.4 Å². The van der Waals surface area contributed by atoms with Gasteiger partial charge < -0.3 is 14.7 Å². The highest BCUT2D eigenvalue weighted by Gasteiger charge is 2.20. The molecule has 26 heavy (non-hydrogen) atoms. The molecule has 4 nitrogen and oxygen atoms in total. The van der Waals surface area contributed by atoms with Gasteiger partial charge in [-0.1, -0.05) is 41.9 Å². The lowest BCUT2D eigenvalue weighted by atomic mass is 10.1. The van der Waals surface area contributed by atoms with Crippen LogP contribution in [0.4, 0.5) is 5.69 Å². The van der Waals surface area contributed by atoms with Gasteiger partial charge in [-0.2, -0.15) is 0 Å². The number of para-hydroxylation sites is 1. The van der Waals surface area contributed by atoms with E-state index in [0.717, 1.165) is 36.8 Å². The van der Waals surface area contributed by atoms with Gasteiger partial charge in [0.2, 0.25) is 0 Å². The molecule has 0 aliphatic carbocycles. The van der Waals surface area contributed by atoms with Gasteiger partial charge in [-0.25, -0.2) is 0 Å². The lowest BCUT2D eigenvalue weighted by Gasteiger charge is -2.37. The molecule has 2 aromatic carbocycles. The molecule has 0 aromatic heterocycles. The molecule has 2 unspecified atom stereocenters. The molecule has 1 fully saturated rings. The summed E-state index contributed by atoms with van der Waals surface area (Å²) in [6.07, 6.45) is -0.537. The number of β-amino-alcohol motifs (C(OH)–C–C–N with tert-alkyl or cyclic N) is 1. The zero-order valence-electron chi connectivity index (χ0n) is 15.2. The molecule has 140 valence electrons. The summed E-state index contributed by atoms with van der Waals surface area (Å²) in [6, 6.07) is 18.1. The van der Waals surface area contributed by atoms with E-state index >= 15 is 0 Å². The number of piperazine rings is 1. The van der Waals surface area contributed by atoms with Crippen LogP contribution in [0.1, 0.15) is 18.6 Å². The Kier molecular flexibility index (Phi) is 6.92. The zero-order chi connectivity index (χ0) is 18.4. The topological polar surface area (TPSA) is 35.9 Å². The van der Waals surface area contributed by atoms with Crippen LogP contribution in [-0.2, 0) is 4.74 Å². The van der Waals surface area contributed by atoms with Gasteiger partial charge >= 0.3 is 0 Å². The summed E-state index contributed by atoms with van der Waals surface area (Å²) >= 11 is 5.91. The Morgan fingerprint density at radius 1 is 1.00 bits per heavy atom. The third-order valence-electron chi connectivity index (χ3n) is 4.84. The molecule has 1 aliphatic heterocycles. The van der Waals surface area contributed by atoms with Crippen molar-refractivity contribution in [1.29, 1.82) is 0 Å². The quantitative estimate of drug-likeness (QED) is 0.803. The molecule has 5 heteroatoms. The number of hydrogen-bond donors (Lipinski definition) is 1. The van der Waals surface area contributed by atoms with E-state index in [9.17, 15) is 5.11 Å². The molecular formula is C21H27ClN2O2. The van der Waals surface area contributed by atoms with Crippen LogP contribution in [0.25, 0.3) is 0 Å². The highest BCUT2D eigenvalue weighted by atomic mass is 35.5. The number of ether oxygens (including phenoxy) is 1. The maximum Gasteiger partial charge on any atom is 0.0900 e. The minimum atomic E-state index is -0.479. The van der Waals surface area contributed by atoms with E-state index < -0.39 is 6.10 Å². The molecule has 1 aliphatic rings. The fourth-order valence-electron chi connectivity index (χ4n) is 3.26. The Bertz CT molecular complexity index is 657. The molecule has 1 heterocycles. The van der Waals surface area contributed by atoms with Crippen LogP contribution in [0.5, 0.6) is 0 Å². The molecule has 0 radical (unpaired) electrons. The normalized spacial score (nSPS) is 17.9. The summed E-state index contributed by atoms with van der Waals surface area (Å²) in [5.41, 5.74) is 2.34. The van der Waals surface area contributed by atoms with Gasteiger partial charge in [0.25, 0.3) is 0 Å².